The average Bonchev–Trinajstić information content (AvgIpc) is 2.95. The Balaban J connectivity index is 2.34. The van der Waals surface area contributed by atoms with Crippen molar-refractivity contribution in [3.05, 3.63) is 68.2 Å². The standard InChI is InChI=1S/C18H13BrCl2N2O2/c1-2-13-16(18(24)25)22-23(15-8-7-12(20)9-14(15)21)17(13)10-3-5-11(19)6-4-10/h3-9H,2H2,1H3,(H,24,25). The zero-order valence-corrected chi connectivity index (χ0v) is 16.2. The molecule has 3 aromatic rings. The minimum atomic E-state index is -1.07. The number of halogens is 3. The van der Waals surface area contributed by atoms with Gasteiger partial charge in [0.15, 0.2) is 5.69 Å². The van der Waals surface area contributed by atoms with Gasteiger partial charge < -0.3 is 5.11 Å². The molecule has 25 heavy (non-hydrogen) atoms. The second-order valence-corrected chi connectivity index (χ2v) is 7.11. The van der Waals surface area contributed by atoms with Gasteiger partial charge in [-0.25, -0.2) is 9.48 Å². The van der Waals surface area contributed by atoms with Crippen molar-refractivity contribution < 1.29 is 9.90 Å². The zero-order chi connectivity index (χ0) is 18.1. The number of carboxylic acid groups (broad SMARTS) is 1. The van der Waals surface area contributed by atoms with E-state index in [0.717, 1.165) is 10.0 Å². The van der Waals surface area contributed by atoms with Crippen LogP contribution in [0.3, 0.4) is 0 Å². The van der Waals surface area contributed by atoms with Gasteiger partial charge in [-0.3, -0.25) is 0 Å². The van der Waals surface area contributed by atoms with Gasteiger partial charge in [0.1, 0.15) is 0 Å². The first-order valence-corrected chi connectivity index (χ1v) is 9.03. The van der Waals surface area contributed by atoms with Crippen molar-refractivity contribution in [3.63, 3.8) is 0 Å². The Morgan fingerprint density at radius 3 is 2.44 bits per heavy atom. The largest absolute Gasteiger partial charge is 0.476 e. The molecule has 0 unspecified atom stereocenters. The molecule has 0 radical (unpaired) electrons. The number of carboxylic acids is 1. The lowest BCUT2D eigenvalue weighted by molar-refractivity contribution is 0.0689. The van der Waals surface area contributed by atoms with E-state index in [1.165, 1.54) is 0 Å². The van der Waals surface area contributed by atoms with Gasteiger partial charge in [-0.15, -0.1) is 0 Å². The third kappa shape index (κ3) is 3.45. The first-order chi connectivity index (χ1) is 11.9. The van der Waals surface area contributed by atoms with Crippen LogP contribution in [0.15, 0.2) is 46.9 Å². The molecule has 0 aliphatic rings. The highest BCUT2D eigenvalue weighted by Gasteiger charge is 2.24. The molecule has 4 nitrogen and oxygen atoms in total. The minimum Gasteiger partial charge on any atom is -0.476 e. The second-order valence-electron chi connectivity index (χ2n) is 5.35. The van der Waals surface area contributed by atoms with Gasteiger partial charge >= 0.3 is 5.97 Å². The molecule has 0 saturated heterocycles. The SMILES string of the molecule is CCc1c(C(=O)O)nn(-c2ccc(Cl)cc2Cl)c1-c1ccc(Br)cc1. The number of nitrogens with zero attached hydrogens (tertiary/aromatic N) is 2. The van der Waals surface area contributed by atoms with Crippen molar-refractivity contribution in [3.8, 4) is 16.9 Å². The van der Waals surface area contributed by atoms with Crippen molar-refractivity contribution >= 4 is 45.1 Å². The lowest BCUT2D eigenvalue weighted by Crippen LogP contribution is -2.03. The monoisotopic (exact) mass is 438 g/mol. The van der Waals surface area contributed by atoms with E-state index < -0.39 is 5.97 Å². The van der Waals surface area contributed by atoms with Crippen molar-refractivity contribution in [1.29, 1.82) is 0 Å². The highest BCUT2D eigenvalue weighted by atomic mass is 79.9. The summed E-state index contributed by atoms with van der Waals surface area (Å²) in [5.41, 5.74) is 2.81. The lowest BCUT2D eigenvalue weighted by Gasteiger charge is -2.11. The molecule has 0 bridgehead atoms. The van der Waals surface area contributed by atoms with Gasteiger partial charge in [0, 0.05) is 20.6 Å². The minimum absolute atomic E-state index is 0.0198. The maximum atomic E-state index is 11.7. The highest BCUT2D eigenvalue weighted by molar-refractivity contribution is 9.10. The van der Waals surface area contributed by atoms with Crippen LogP contribution >= 0.6 is 39.1 Å². The summed E-state index contributed by atoms with van der Waals surface area (Å²) in [6, 6.07) is 12.6. The molecule has 7 heteroatoms. The van der Waals surface area contributed by atoms with E-state index in [9.17, 15) is 9.90 Å². The van der Waals surface area contributed by atoms with E-state index in [0.29, 0.717) is 33.4 Å². The van der Waals surface area contributed by atoms with Gasteiger partial charge in [0.25, 0.3) is 0 Å². The van der Waals surface area contributed by atoms with Gasteiger partial charge in [-0.05, 0) is 36.8 Å². The molecule has 2 aromatic carbocycles. The van der Waals surface area contributed by atoms with Crippen LogP contribution < -0.4 is 0 Å². The van der Waals surface area contributed by atoms with Gasteiger partial charge in [0.2, 0.25) is 0 Å². The second kappa shape index (κ2) is 7.20. The Labute approximate surface area is 163 Å². The summed E-state index contributed by atoms with van der Waals surface area (Å²) in [4.78, 5) is 11.7. The van der Waals surface area contributed by atoms with Crippen LogP contribution in [0.1, 0.15) is 23.0 Å². The molecule has 0 amide bonds. The fraction of sp³-hybridized carbons (Fsp3) is 0.111. The zero-order valence-electron chi connectivity index (χ0n) is 13.1. The first-order valence-electron chi connectivity index (χ1n) is 7.49. The summed E-state index contributed by atoms with van der Waals surface area (Å²) in [7, 11) is 0. The average molecular weight is 440 g/mol. The number of aromatic carboxylic acids is 1. The fourth-order valence-corrected chi connectivity index (χ4v) is 3.44. The van der Waals surface area contributed by atoms with E-state index in [1.54, 1.807) is 22.9 Å². The number of hydrogen-bond donors (Lipinski definition) is 1. The molecule has 3 rings (SSSR count). The molecule has 0 aliphatic heterocycles. The van der Waals surface area contributed by atoms with Crippen LogP contribution in [0.5, 0.6) is 0 Å². The Hall–Kier alpha value is -1.82. The third-order valence-corrected chi connectivity index (χ3v) is 4.86. The van der Waals surface area contributed by atoms with Crippen LogP contribution in [-0.2, 0) is 6.42 Å². The Kier molecular flexibility index (Phi) is 5.18. The molecule has 0 atom stereocenters. The smallest absolute Gasteiger partial charge is 0.356 e. The summed E-state index contributed by atoms with van der Waals surface area (Å²) in [6.45, 7) is 1.90. The molecule has 0 saturated carbocycles. The van der Waals surface area contributed by atoms with Crippen LogP contribution in [0.4, 0.5) is 0 Å². The van der Waals surface area contributed by atoms with Gasteiger partial charge in [0.05, 0.1) is 16.4 Å². The molecule has 1 heterocycles. The Morgan fingerprint density at radius 1 is 1.20 bits per heavy atom. The van der Waals surface area contributed by atoms with Crippen LogP contribution in [0, 0.1) is 0 Å². The topological polar surface area (TPSA) is 55.1 Å². The predicted molar refractivity (Wildman–Crippen MR) is 103 cm³/mol. The fourth-order valence-electron chi connectivity index (χ4n) is 2.69. The van der Waals surface area contributed by atoms with Crippen molar-refractivity contribution in [2.24, 2.45) is 0 Å². The third-order valence-electron chi connectivity index (χ3n) is 3.80. The molecule has 0 aliphatic carbocycles. The quantitative estimate of drug-likeness (QED) is 0.553. The summed E-state index contributed by atoms with van der Waals surface area (Å²) in [5, 5.41) is 14.8. The molecule has 0 spiro atoms. The van der Waals surface area contributed by atoms with E-state index in [1.807, 2.05) is 31.2 Å². The van der Waals surface area contributed by atoms with Crippen LogP contribution in [-0.4, -0.2) is 20.9 Å². The van der Waals surface area contributed by atoms with Crippen molar-refractivity contribution in [1.82, 2.24) is 9.78 Å². The predicted octanol–water partition coefficient (Wildman–Crippen LogP) is 5.87. The first kappa shape index (κ1) is 18.0. The van der Waals surface area contributed by atoms with Crippen LogP contribution in [0.25, 0.3) is 16.9 Å². The van der Waals surface area contributed by atoms with Crippen molar-refractivity contribution in [2.75, 3.05) is 0 Å². The molecule has 0 fully saturated rings. The number of benzene rings is 2. The number of rotatable bonds is 4. The summed E-state index contributed by atoms with van der Waals surface area (Å²) < 4.78 is 2.51. The molecular weight excluding hydrogens is 427 g/mol. The van der Waals surface area contributed by atoms with Crippen molar-refractivity contribution in [2.45, 2.75) is 13.3 Å². The highest BCUT2D eigenvalue weighted by Crippen LogP contribution is 2.33. The van der Waals surface area contributed by atoms with E-state index in [-0.39, 0.29) is 5.69 Å². The molecule has 128 valence electrons. The van der Waals surface area contributed by atoms with Crippen LogP contribution in [0.2, 0.25) is 10.0 Å². The normalized spacial score (nSPS) is 10.9. The molecule has 1 aromatic heterocycles. The van der Waals surface area contributed by atoms with Gasteiger partial charge in [-0.2, -0.15) is 5.10 Å². The summed E-state index contributed by atoms with van der Waals surface area (Å²) in [6.07, 6.45) is 0.526. The van der Waals surface area contributed by atoms with E-state index in [4.69, 9.17) is 23.2 Å². The van der Waals surface area contributed by atoms with Gasteiger partial charge in [-0.1, -0.05) is 58.2 Å². The lowest BCUT2D eigenvalue weighted by atomic mass is 10.0. The maximum Gasteiger partial charge on any atom is 0.356 e. The number of aromatic nitrogens is 2. The Bertz CT molecular complexity index is 952. The summed E-state index contributed by atoms with van der Waals surface area (Å²) >= 11 is 15.7. The van der Waals surface area contributed by atoms with E-state index >= 15 is 0 Å². The molecular formula is C18H13BrCl2N2O2. The molecule has 1 N–H and O–H groups in total. The Morgan fingerprint density at radius 2 is 1.88 bits per heavy atom. The number of hydrogen-bond acceptors (Lipinski definition) is 2. The maximum absolute atomic E-state index is 11.7. The number of carbonyl (C=O) groups is 1. The van der Waals surface area contributed by atoms with E-state index in [2.05, 4.69) is 21.0 Å². The summed E-state index contributed by atoms with van der Waals surface area (Å²) in [5.74, 6) is -1.07.